The molecule has 0 fully saturated rings. The van der Waals surface area contributed by atoms with Crippen LogP contribution in [-0.4, -0.2) is 23.7 Å². The largest absolute Gasteiger partial charge is 0.368 e. The van der Waals surface area contributed by atoms with Crippen molar-refractivity contribution in [2.45, 2.75) is 27.1 Å². The Morgan fingerprint density at radius 2 is 1.90 bits per heavy atom. The summed E-state index contributed by atoms with van der Waals surface area (Å²) in [4.78, 5) is 0. The van der Waals surface area contributed by atoms with Crippen molar-refractivity contribution in [3.05, 3.63) is 0 Å². The van der Waals surface area contributed by atoms with Gasteiger partial charge in [-0.15, -0.1) is 0 Å². The van der Waals surface area contributed by atoms with Crippen molar-refractivity contribution in [1.82, 2.24) is 0 Å². The molecule has 0 rings (SSSR count). The van der Waals surface area contributed by atoms with Gasteiger partial charge in [-0.25, -0.2) is 0 Å². The Bertz CT molecular complexity index is 125. The minimum Gasteiger partial charge on any atom is -0.368 e. The van der Waals surface area contributed by atoms with Crippen LogP contribution in [0.3, 0.4) is 0 Å². The third-order valence-corrected chi connectivity index (χ3v) is 3.92. The number of aliphatic hydroxyl groups is 1. The summed E-state index contributed by atoms with van der Waals surface area (Å²) in [6, 6.07) is 0. The zero-order valence-electron chi connectivity index (χ0n) is 6.70. The molecule has 0 aromatic heterocycles. The topological polar surface area (TPSA) is 46.5 Å². The molecule has 0 aromatic rings. The van der Waals surface area contributed by atoms with E-state index < -0.39 is 13.7 Å². The average molecular weight is 166 g/mol. The maximum Gasteiger partial charge on any atom is 0.204 e. The van der Waals surface area contributed by atoms with Gasteiger partial charge >= 0.3 is 0 Å². The molecule has 0 spiro atoms. The lowest BCUT2D eigenvalue weighted by atomic mass is 10.8. The second-order valence-corrected chi connectivity index (χ2v) is 5.26. The van der Waals surface area contributed by atoms with Crippen molar-refractivity contribution >= 4 is 7.37 Å². The zero-order chi connectivity index (χ0) is 8.20. The Balaban J connectivity index is 3.94. The van der Waals surface area contributed by atoms with Crippen LogP contribution in [0.5, 0.6) is 0 Å². The Labute approximate surface area is 61.8 Å². The molecule has 62 valence electrons. The molecule has 1 unspecified atom stereocenters. The summed E-state index contributed by atoms with van der Waals surface area (Å²) in [5.41, 5.74) is 0. The molecule has 1 N–H and O–H groups in total. The van der Waals surface area contributed by atoms with Crippen molar-refractivity contribution < 1.29 is 14.2 Å². The molecule has 0 radical (unpaired) electrons. The van der Waals surface area contributed by atoms with E-state index in [1.807, 2.05) is 0 Å². The standard InChI is InChI=1S/C6H15O3P/c1-4-10(8,5-2)9-6(3)7/h6-7H,4-5H2,1-3H3. The Hall–Kier alpha value is 0.150. The van der Waals surface area contributed by atoms with Crippen LogP contribution in [-0.2, 0) is 9.09 Å². The first-order valence-electron chi connectivity index (χ1n) is 3.48. The predicted octanol–water partition coefficient (Wildman–Crippen LogP) is 1.66. The van der Waals surface area contributed by atoms with E-state index in [9.17, 15) is 4.57 Å². The quantitative estimate of drug-likeness (QED) is 0.510. The van der Waals surface area contributed by atoms with Crippen LogP contribution in [0.2, 0.25) is 0 Å². The minimum atomic E-state index is -2.49. The summed E-state index contributed by atoms with van der Waals surface area (Å²) >= 11 is 0. The lowest BCUT2D eigenvalue weighted by molar-refractivity contribution is 0.00232. The predicted molar refractivity (Wildman–Crippen MR) is 41.5 cm³/mol. The van der Waals surface area contributed by atoms with Gasteiger partial charge in [0.2, 0.25) is 7.37 Å². The van der Waals surface area contributed by atoms with Gasteiger partial charge in [0.15, 0.2) is 6.29 Å². The lowest BCUT2D eigenvalue weighted by Crippen LogP contribution is -2.06. The molecule has 0 aliphatic carbocycles. The minimum absolute atomic E-state index is 0.494. The van der Waals surface area contributed by atoms with Crippen molar-refractivity contribution in [2.24, 2.45) is 0 Å². The Morgan fingerprint density at radius 3 is 2.00 bits per heavy atom. The number of hydrogen-bond acceptors (Lipinski definition) is 3. The molecule has 4 heteroatoms. The maximum absolute atomic E-state index is 11.4. The molecule has 0 saturated carbocycles. The van der Waals surface area contributed by atoms with Crippen LogP contribution in [0.4, 0.5) is 0 Å². The molecular weight excluding hydrogens is 151 g/mol. The first kappa shape index (κ1) is 10.2. The van der Waals surface area contributed by atoms with Gasteiger partial charge in [0, 0.05) is 12.3 Å². The summed E-state index contributed by atoms with van der Waals surface area (Å²) in [7, 11) is -2.49. The second kappa shape index (κ2) is 4.12. The average Bonchev–Trinajstić information content (AvgIpc) is 1.87. The summed E-state index contributed by atoms with van der Waals surface area (Å²) in [6.45, 7) is 5.07. The van der Waals surface area contributed by atoms with Crippen molar-refractivity contribution in [1.29, 1.82) is 0 Å². The van der Waals surface area contributed by atoms with Crippen LogP contribution < -0.4 is 0 Å². The van der Waals surface area contributed by atoms with E-state index in [-0.39, 0.29) is 0 Å². The fraction of sp³-hybridized carbons (Fsp3) is 1.00. The van der Waals surface area contributed by atoms with Gasteiger partial charge in [0.1, 0.15) is 0 Å². The van der Waals surface area contributed by atoms with Crippen molar-refractivity contribution in [3.63, 3.8) is 0 Å². The highest BCUT2D eigenvalue weighted by atomic mass is 31.2. The summed E-state index contributed by atoms with van der Waals surface area (Å²) in [6.07, 6.45) is 0.0775. The monoisotopic (exact) mass is 166 g/mol. The van der Waals surface area contributed by atoms with Gasteiger partial charge in [-0.2, -0.15) is 0 Å². The number of hydrogen-bond donors (Lipinski definition) is 1. The summed E-state index contributed by atoms with van der Waals surface area (Å²) < 4.78 is 16.2. The SMILES string of the molecule is CCP(=O)(CC)OC(C)O. The van der Waals surface area contributed by atoms with Crippen LogP contribution in [0, 0.1) is 0 Å². The molecule has 0 heterocycles. The summed E-state index contributed by atoms with van der Waals surface area (Å²) in [5.74, 6) is 0. The van der Waals surface area contributed by atoms with E-state index in [4.69, 9.17) is 9.63 Å². The van der Waals surface area contributed by atoms with E-state index in [0.29, 0.717) is 12.3 Å². The van der Waals surface area contributed by atoms with E-state index in [1.165, 1.54) is 6.92 Å². The number of aliphatic hydroxyl groups excluding tert-OH is 1. The molecule has 0 aromatic carbocycles. The molecule has 10 heavy (non-hydrogen) atoms. The molecule has 0 aliphatic heterocycles. The second-order valence-electron chi connectivity index (χ2n) is 2.15. The first-order valence-corrected chi connectivity index (χ1v) is 5.48. The zero-order valence-corrected chi connectivity index (χ0v) is 7.60. The Morgan fingerprint density at radius 1 is 1.50 bits per heavy atom. The van der Waals surface area contributed by atoms with Crippen LogP contribution in [0.25, 0.3) is 0 Å². The molecule has 0 bridgehead atoms. The third kappa shape index (κ3) is 3.35. The van der Waals surface area contributed by atoms with Crippen molar-refractivity contribution in [2.75, 3.05) is 12.3 Å². The van der Waals surface area contributed by atoms with Crippen LogP contribution in [0.1, 0.15) is 20.8 Å². The highest BCUT2D eigenvalue weighted by molar-refractivity contribution is 7.58. The third-order valence-electron chi connectivity index (χ3n) is 1.31. The fourth-order valence-electron chi connectivity index (χ4n) is 0.651. The smallest absolute Gasteiger partial charge is 0.204 e. The van der Waals surface area contributed by atoms with E-state index in [1.54, 1.807) is 13.8 Å². The highest BCUT2D eigenvalue weighted by Gasteiger charge is 2.19. The summed E-state index contributed by atoms with van der Waals surface area (Å²) in [5, 5.41) is 8.76. The first-order chi connectivity index (χ1) is 4.54. The molecule has 3 nitrogen and oxygen atoms in total. The van der Waals surface area contributed by atoms with Crippen LogP contribution >= 0.6 is 7.37 Å². The fourth-order valence-corrected chi connectivity index (χ4v) is 1.95. The molecule has 0 aliphatic rings. The molecule has 0 saturated heterocycles. The molecule has 0 amide bonds. The van der Waals surface area contributed by atoms with E-state index >= 15 is 0 Å². The van der Waals surface area contributed by atoms with Crippen LogP contribution in [0.15, 0.2) is 0 Å². The molecule has 1 atom stereocenters. The Kier molecular flexibility index (Phi) is 4.18. The van der Waals surface area contributed by atoms with Gasteiger partial charge in [0.05, 0.1) is 0 Å². The maximum atomic E-state index is 11.4. The van der Waals surface area contributed by atoms with Gasteiger partial charge in [0.25, 0.3) is 0 Å². The normalized spacial score (nSPS) is 15.2. The number of rotatable bonds is 4. The van der Waals surface area contributed by atoms with Gasteiger partial charge in [-0.05, 0) is 6.92 Å². The van der Waals surface area contributed by atoms with Gasteiger partial charge in [-0.1, -0.05) is 13.8 Å². The highest BCUT2D eigenvalue weighted by Crippen LogP contribution is 2.46. The van der Waals surface area contributed by atoms with Gasteiger partial charge < -0.3 is 5.11 Å². The van der Waals surface area contributed by atoms with E-state index in [2.05, 4.69) is 0 Å². The molecular formula is C6H15O3P. The van der Waals surface area contributed by atoms with E-state index in [0.717, 1.165) is 0 Å². The van der Waals surface area contributed by atoms with Crippen molar-refractivity contribution in [3.8, 4) is 0 Å². The van der Waals surface area contributed by atoms with Gasteiger partial charge in [-0.3, -0.25) is 9.09 Å². The lowest BCUT2D eigenvalue weighted by Gasteiger charge is -2.16.